The molecule has 0 aromatic carbocycles. The summed E-state index contributed by atoms with van der Waals surface area (Å²) < 4.78 is 5.70. The van der Waals surface area contributed by atoms with E-state index in [1.165, 1.54) is 0 Å². The van der Waals surface area contributed by atoms with Gasteiger partial charge in [0.15, 0.2) is 0 Å². The van der Waals surface area contributed by atoms with Crippen molar-refractivity contribution in [2.24, 2.45) is 0 Å². The molecule has 0 amide bonds. The van der Waals surface area contributed by atoms with Gasteiger partial charge >= 0.3 is 0 Å². The number of furan rings is 1. The van der Waals surface area contributed by atoms with E-state index < -0.39 is 0 Å². The van der Waals surface area contributed by atoms with Gasteiger partial charge in [-0.1, -0.05) is 26.1 Å². The molecule has 2 aromatic heterocycles. The zero-order valence-corrected chi connectivity index (χ0v) is 10.4. The quantitative estimate of drug-likeness (QED) is 0.803. The van der Waals surface area contributed by atoms with Crippen LogP contribution in [0.3, 0.4) is 0 Å². The topological polar surface area (TPSA) is 41.8 Å². The van der Waals surface area contributed by atoms with E-state index in [9.17, 15) is 0 Å². The van der Waals surface area contributed by atoms with Gasteiger partial charge in [-0.25, -0.2) is 4.98 Å². The molecule has 0 atom stereocenters. The second-order valence-electron chi connectivity index (χ2n) is 4.10. The molecule has 0 unspecified atom stereocenters. The van der Waals surface area contributed by atoms with Crippen molar-refractivity contribution in [2.75, 3.05) is 0 Å². The summed E-state index contributed by atoms with van der Waals surface area (Å²) in [7, 11) is 0. The lowest BCUT2D eigenvalue weighted by Crippen LogP contribution is -2.01. The fourth-order valence-corrected chi connectivity index (χ4v) is 2.29. The molecule has 4 heteroatoms. The highest BCUT2D eigenvalue weighted by atomic mass is 32.1. The van der Waals surface area contributed by atoms with Gasteiger partial charge in [-0.3, -0.25) is 0 Å². The first-order chi connectivity index (χ1) is 7.59. The Morgan fingerprint density at radius 3 is 2.69 bits per heavy atom. The van der Waals surface area contributed by atoms with Gasteiger partial charge in [-0.05, 0) is 18.9 Å². The highest BCUT2D eigenvalue weighted by molar-refractivity contribution is 7.71. The lowest BCUT2D eigenvalue weighted by atomic mass is 10.0. The Kier molecular flexibility index (Phi) is 2.92. The fraction of sp³-hybridized carbons (Fsp3) is 0.333. The maximum atomic E-state index is 5.32. The van der Waals surface area contributed by atoms with Crippen LogP contribution in [0.1, 0.15) is 31.0 Å². The van der Waals surface area contributed by atoms with E-state index in [4.69, 9.17) is 16.6 Å². The van der Waals surface area contributed by atoms with Gasteiger partial charge < -0.3 is 9.40 Å². The summed E-state index contributed by atoms with van der Waals surface area (Å²) in [4.78, 5) is 7.66. The normalized spacial score (nSPS) is 11.0. The Morgan fingerprint density at radius 1 is 1.44 bits per heavy atom. The summed E-state index contributed by atoms with van der Waals surface area (Å²) in [5, 5.41) is 0. The van der Waals surface area contributed by atoms with E-state index in [1.54, 1.807) is 12.5 Å². The number of hydrogen-bond acceptors (Lipinski definition) is 3. The Labute approximate surface area is 99.5 Å². The predicted octanol–water partition coefficient (Wildman–Crippen LogP) is 3.83. The molecule has 16 heavy (non-hydrogen) atoms. The number of rotatable bonds is 2. The van der Waals surface area contributed by atoms with Crippen LogP contribution in [0.5, 0.6) is 0 Å². The summed E-state index contributed by atoms with van der Waals surface area (Å²) in [6.07, 6.45) is 3.28. The third-order valence-corrected chi connectivity index (χ3v) is 2.84. The second-order valence-corrected chi connectivity index (χ2v) is 4.48. The van der Waals surface area contributed by atoms with Crippen LogP contribution in [-0.4, -0.2) is 9.97 Å². The molecule has 2 rings (SSSR count). The highest BCUT2D eigenvalue weighted by Gasteiger charge is 2.10. The van der Waals surface area contributed by atoms with E-state index in [-0.39, 0.29) is 0 Å². The highest BCUT2D eigenvalue weighted by Crippen LogP contribution is 2.22. The zero-order valence-electron chi connectivity index (χ0n) is 9.57. The maximum Gasteiger partial charge on any atom is 0.142 e. The van der Waals surface area contributed by atoms with E-state index in [0.717, 1.165) is 22.6 Å². The number of aryl methyl sites for hydroxylation is 1. The van der Waals surface area contributed by atoms with Gasteiger partial charge in [-0.2, -0.15) is 0 Å². The molecule has 1 N–H and O–H groups in total. The minimum atomic E-state index is 0.384. The van der Waals surface area contributed by atoms with Crippen LogP contribution < -0.4 is 0 Å². The van der Waals surface area contributed by atoms with Gasteiger partial charge in [0.1, 0.15) is 16.7 Å². The summed E-state index contributed by atoms with van der Waals surface area (Å²) in [5.74, 6) is 1.15. The first-order valence-corrected chi connectivity index (χ1v) is 5.64. The van der Waals surface area contributed by atoms with Gasteiger partial charge in [0.2, 0.25) is 0 Å². The van der Waals surface area contributed by atoms with Gasteiger partial charge in [-0.15, -0.1) is 0 Å². The Bertz CT molecular complexity index is 541. The fourth-order valence-electron chi connectivity index (χ4n) is 1.81. The van der Waals surface area contributed by atoms with Gasteiger partial charge in [0, 0.05) is 11.3 Å². The van der Waals surface area contributed by atoms with Crippen molar-refractivity contribution < 1.29 is 4.42 Å². The molecule has 0 saturated heterocycles. The van der Waals surface area contributed by atoms with Crippen molar-refractivity contribution in [1.82, 2.24) is 9.97 Å². The van der Waals surface area contributed by atoms with Gasteiger partial charge in [0.25, 0.3) is 0 Å². The van der Waals surface area contributed by atoms with Crippen LogP contribution in [0.4, 0.5) is 0 Å². The molecule has 0 saturated carbocycles. The number of H-pyrrole nitrogens is 1. The largest absolute Gasteiger partial charge is 0.472 e. The minimum Gasteiger partial charge on any atom is -0.472 e. The summed E-state index contributed by atoms with van der Waals surface area (Å²) in [6.45, 7) is 6.26. The zero-order chi connectivity index (χ0) is 11.7. The minimum absolute atomic E-state index is 0.384. The van der Waals surface area contributed by atoms with Crippen molar-refractivity contribution in [1.29, 1.82) is 0 Å². The first kappa shape index (κ1) is 11.1. The average molecular weight is 234 g/mol. The third kappa shape index (κ3) is 1.93. The summed E-state index contributed by atoms with van der Waals surface area (Å²) >= 11 is 5.32. The Morgan fingerprint density at radius 2 is 2.19 bits per heavy atom. The first-order valence-electron chi connectivity index (χ1n) is 5.23. The molecular formula is C12H14N2OS. The molecule has 0 aliphatic rings. The van der Waals surface area contributed by atoms with Crippen molar-refractivity contribution in [3.63, 3.8) is 0 Å². The van der Waals surface area contributed by atoms with E-state index in [0.29, 0.717) is 10.6 Å². The molecule has 84 valence electrons. The monoisotopic (exact) mass is 234 g/mol. The van der Waals surface area contributed by atoms with Crippen LogP contribution in [-0.2, 0) is 0 Å². The number of aromatic amines is 1. The van der Waals surface area contributed by atoms with Crippen LogP contribution in [0.15, 0.2) is 23.0 Å². The average Bonchev–Trinajstić information content (AvgIpc) is 2.67. The summed E-state index contributed by atoms with van der Waals surface area (Å²) in [6, 6.07) is 1.86. The molecule has 0 aliphatic carbocycles. The van der Waals surface area contributed by atoms with Crippen LogP contribution >= 0.6 is 12.2 Å². The SMILES string of the molecule is Cc1[nH]c(-c2ccoc2)nc(=S)c1C(C)C. The number of nitrogens with one attached hydrogen (secondary N) is 1. The maximum absolute atomic E-state index is 5.32. The Balaban J connectivity index is 2.58. The third-order valence-electron chi connectivity index (χ3n) is 2.53. The van der Waals surface area contributed by atoms with Crippen LogP contribution in [0.25, 0.3) is 11.4 Å². The molecule has 3 nitrogen and oxygen atoms in total. The number of nitrogens with zero attached hydrogens (tertiary/aromatic N) is 1. The molecule has 2 heterocycles. The molecule has 0 spiro atoms. The molecular weight excluding hydrogens is 220 g/mol. The smallest absolute Gasteiger partial charge is 0.142 e. The number of hydrogen-bond donors (Lipinski definition) is 1. The van der Waals surface area contributed by atoms with Crippen molar-refractivity contribution in [3.8, 4) is 11.4 Å². The van der Waals surface area contributed by atoms with E-state index in [2.05, 4.69) is 23.8 Å². The number of aromatic nitrogens is 2. The molecule has 0 aliphatic heterocycles. The standard InChI is InChI=1S/C12H14N2OS/c1-7(2)10-8(3)13-11(14-12(10)16)9-4-5-15-6-9/h4-7H,1-3H3,(H,13,14,16). The van der Waals surface area contributed by atoms with Crippen LogP contribution in [0, 0.1) is 11.6 Å². The summed E-state index contributed by atoms with van der Waals surface area (Å²) in [5.41, 5.74) is 3.11. The molecule has 0 bridgehead atoms. The van der Waals surface area contributed by atoms with E-state index >= 15 is 0 Å². The lowest BCUT2D eigenvalue weighted by molar-refractivity contribution is 0.568. The van der Waals surface area contributed by atoms with Crippen molar-refractivity contribution in [3.05, 3.63) is 34.5 Å². The lowest BCUT2D eigenvalue weighted by Gasteiger charge is -2.10. The molecule has 2 aromatic rings. The van der Waals surface area contributed by atoms with Gasteiger partial charge in [0.05, 0.1) is 11.8 Å². The molecule has 0 radical (unpaired) electrons. The Hall–Kier alpha value is -1.42. The second kappa shape index (κ2) is 4.22. The van der Waals surface area contributed by atoms with Crippen molar-refractivity contribution >= 4 is 12.2 Å². The molecule has 0 fully saturated rings. The van der Waals surface area contributed by atoms with Crippen LogP contribution in [0.2, 0.25) is 0 Å². The van der Waals surface area contributed by atoms with Crippen molar-refractivity contribution in [2.45, 2.75) is 26.7 Å². The predicted molar refractivity (Wildman–Crippen MR) is 65.9 cm³/mol. The van der Waals surface area contributed by atoms with E-state index in [1.807, 2.05) is 13.0 Å².